The molecule has 7 rings (SSSR count). The van der Waals surface area contributed by atoms with Gasteiger partial charge in [-0.05, 0) is 77.2 Å². The molecule has 4 aromatic carbocycles. The van der Waals surface area contributed by atoms with Crippen LogP contribution in [-0.2, 0) is 13.2 Å². The summed E-state index contributed by atoms with van der Waals surface area (Å²) >= 11 is 0. The van der Waals surface area contributed by atoms with Crippen LogP contribution in [0.2, 0.25) is 0 Å². The first-order chi connectivity index (χ1) is 20.6. The molecule has 206 valence electrons. The first-order valence-electron chi connectivity index (χ1n) is 13.8. The van der Waals surface area contributed by atoms with Crippen molar-refractivity contribution in [1.29, 1.82) is 0 Å². The molecule has 42 heavy (non-hydrogen) atoms. The van der Waals surface area contributed by atoms with Crippen molar-refractivity contribution in [2.45, 2.75) is 20.1 Å². The monoisotopic (exact) mass is 551 g/mol. The number of aliphatic hydroxyl groups excluding tert-OH is 1. The van der Waals surface area contributed by atoms with Gasteiger partial charge in [0.05, 0.1) is 36.8 Å². The van der Waals surface area contributed by atoms with Crippen LogP contribution in [0.25, 0.3) is 55.7 Å². The fourth-order valence-electron chi connectivity index (χ4n) is 5.56. The van der Waals surface area contributed by atoms with E-state index in [1.807, 2.05) is 71.7 Å². The number of para-hydroxylation sites is 2. The number of aliphatic hydroxyl groups is 1. The highest BCUT2D eigenvalue weighted by atomic mass is 16.5. The van der Waals surface area contributed by atoms with Gasteiger partial charge in [-0.25, -0.2) is 4.98 Å². The predicted molar refractivity (Wildman–Crippen MR) is 166 cm³/mol. The van der Waals surface area contributed by atoms with Gasteiger partial charge in [0.25, 0.3) is 0 Å². The molecule has 0 fully saturated rings. The fourth-order valence-corrected chi connectivity index (χ4v) is 5.56. The molecule has 0 aliphatic heterocycles. The Labute approximate surface area is 243 Å². The minimum Gasteiger partial charge on any atom is -0.497 e. The topological polar surface area (TPSA) is 88.9 Å². The van der Waals surface area contributed by atoms with Crippen LogP contribution in [0, 0.1) is 6.92 Å². The van der Waals surface area contributed by atoms with Crippen LogP contribution >= 0.6 is 0 Å². The van der Waals surface area contributed by atoms with Crippen LogP contribution in [0.15, 0.2) is 103 Å². The van der Waals surface area contributed by atoms with Gasteiger partial charge in [-0.1, -0.05) is 48.5 Å². The fraction of sp³-hybridized carbons (Fsp3) is 0.114. The molecule has 7 aromatic rings. The summed E-state index contributed by atoms with van der Waals surface area (Å²) in [5, 5.41) is 15.8. The number of aromatic nitrogens is 5. The third-order valence-corrected chi connectivity index (χ3v) is 7.80. The number of fused-ring (bicyclic) bond motifs is 2. The van der Waals surface area contributed by atoms with Crippen molar-refractivity contribution in [3.05, 3.63) is 120 Å². The normalized spacial score (nSPS) is 11.4. The molecule has 2 N–H and O–H groups in total. The van der Waals surface area contributed by atoms with E-state index in [2.05, 4.69) is 53.3 Å². The second kappa shape index (κ2) is 10.6. The summed E-state index contributed by atoms with van der Waals surface area (Å²) < 4.78 is 7.38. The van der Waals surface area contributed by atoms with Crippen LogP contribution in [-0.4, -0.2) is 36.9 Å². The zero-order chi connectivity index (χ0) is 28.6. The van der Waals surface area contributed by atoms with E-state index in [1.54, 1.807) is 7.11 Å². The molecule has 0 amide bonds. The van der Waals surface area contributed by atoms with Crippen molar-refractivity contribution in [2.75, 3.05) is 7.11 Å². The molecule has 0 aliphatic rings. The Morgan fingerprint density at radius 2 is 1.62 bits per heavy atom. The van der Waals surface area contributed by atoms with Crippen molar-refractivity contribution in [1.82, 2.24) is 24.7 Å². The molecule has 0 aliphatic carbocycles. The molecule has 0 radical (unpaired) electrons. The molecule has 7 heteroatoms. The maximum absolute atomic E-state index is 9.66. The average Bonchev–Trinajstić information content (AvgIpc) is 3.63. The zero-order valence-electron chi connectivity index (χ0n) is 23.4. The summed E-state index contributed by atoms with van der Waals surface area (Å²) in [7, 11) is 1.67. The third kappa shape index (κ3) is 4.60. The summed E-state index contributed by atoms with van der Waals surface area (Å²) in [5.41, 5.74) is 11.0. The van der Waals surface area contributed by atoms with Gasteiger partial charge < -0.3 is 14.8 Å². The summed E-state index contributed by atoms with van der Waals surface area (Å²) in [5.74, 6) is 1.56. The molecule has 3 heterocycles. The maximum atomic E-state index is 9.66. The quantitative estimate of drug-likeness (QED) is 0.219. The number of rotatable bonds is 7. The SMILES string of the molecule is COc1ccc(Cn2nc(-c3nc4ccccc4[nH]3)c3cc(-c4cncc(-c5cccc(CO)c5)c4C)ccc32)cc1. The van der Waals surface area contributed by atoms with Gasteiger partial charge in [0.15, 0.2) is 5.82 Å². The van der Waals surface area contributed by atoms with Crippen molar-refractivity contribution in [3.63, 3.8) is 0 Å². The third-order valence-electron chi connectivity index (χ3n) is 7.80. The Bertz CT molecular complexity index is 2020. The number of nitrogens with zero attached hydrogens (tertiary/aromatic N) is 4. The number of aromatic amines is 1. The number of H-pyrrole nitrogens is 1. The van der Waals surface area contributed by atoms with Gasteiger partial charge in [0.2, 0.25) is 0 Å². The Morgan fingerprint density at radius 1 is 0.833 bits per heavy atom. The molecule has 0 atom stereocenters. The predicted octanol–water partition coefficient (Wildman–Crippen LogP) is 7.17. The molecule has 0 saturated carbocycles. The lowest BCUT2D eigenvalue weighted by Gasteiger charge is -2.12. The van der Waals surface area contributed by atoms with Gasteiger partial charge in [0, 0.05) is 28.9 Å². The molecule has 3 aromatic heterocycles. The lowest BCUT2D eigenvalue weighted by Crippen LogP contribution is -2.02. The number of methoxy groups -OCH3 is 1. The first kappa shape index (κ1) is 25.7. The number of benzene rings is 4. The van der Waals surface area contributed by atoms with Gasteiger partial charge in [-0.15, -0.1) is 0 Å². The van der Waals surface area contributed by atoms with Crippen LogP contribution in [0.3, 0.4) is 0 Å². The van der Waals surface area contributed by atoms with E-state index in [0.717, 1.165) is 78.1 Å². The number of imidazole rings is 1. The Kier molecular flexibility index (Phi) is 6.49. The van der Waals surface area contributed by atoms with Crippen molar-refractivity contribution >= 4 is 21.9 Å². The number of hydrogen-bond donors (Lipinski definition) is 2. The summed E-state index contributed by atoms with van der Waals surface area (Å²) in [4.78, 5) is 13.0. The van der Waals surface area contributed by atoms with Gasteiger partial charge >= 0.3 is 0 Å². The van der Waals surface area contributed by atoms with Gasteiger partial charge in [0.1, 0.15) is 11.4 Å². The summed E-state index contributed by atoms with van der Waals surface area (Å²) in [6, 6.07) is 30.5. The number of nitrogens with one attached hydrogen (secondary N) is 1. The maximum Gasteiger partial charge on any atom is 0.159 e. The smallest absolute Gasteiger partial charge is 0.159 e. The summed E-state index contributed by atoms with van der Waals surface area (Å²) in [6.07, 6.45) is 3.80. The van der Waals surface area contributed by atoms with Crippen LogP contribution < -0.4 is 4.74 Å². The van der Waals surface area contributed by atoms with E-state index >= 15 is 0 Å². The second-order valence-corrected chi connectivity index (χ2v) is 10.4. The van der Waals surface area contributed by atoms with E-state index in [4.69, 9.17) is 14.8 Å². The summed E-state index contributed by atoms with van der Waals surface area (Å²) in [6.45, 7) is 2.73. The van der Waals surface area contributed by atoms with E-state index in [-0.39, 0.29) is 6.61 Å². The Morgan fingerprint density at radius 3 is 2.38 bits per heavy atom. The molecule has 0 spiro atoms. The average molecular weight is 552 g/mol. The number of pyridine rings is 1. The molecular formula is C35H29N5O2. The standard InChI is InChI=1S/C35H29N5O2/c1-22-29(25-7-5-6-24(16-25)21-41)18-36-19-30(22)26-12-15-33-28(17-26)34(35-37-31-8-3-4-9-32(31)38-35)39-40(33)20-23-10-13-27(42-2)14-11-23/h3-19,41H,20-21H2,1-2H3,(H,37,38). The highest BCUT2D eigenvalue weighted by Gasteiger charge is 2.18. The van der Waals surface area contributed by atoms with Crippen LogP contribution in [0.1, 0.15) is 16.7 Å². The van der Waals surface area contributed by atoms with E-state index in [1.165, 1.54) is 0 Å². The second-order valence-electron chi connectivity index (χ2n) is 10.4. The van der Waals surface area contributed by atoms with Crippen molar-refractivity contribution in [2.24, 2.45) is 0 Å². The van der Waals surface area contributed by atoms with E-state index in [0.29, 0.717) is 6.54 Å². The minimum atomic E-state index is 0.00174. The van der Waals surface area contributed by atoms with Gasteiger partial charge in [-0.2, -0.15) is 5.10 Å². The van der Waals surface area contributed by atoms with Gasteiger partial charge in [-0.3, -0.25) is 9.67 Å². The lowest BCUT2D eigenvalue weighted by atomic mass is 9.94. The highest BCUT2D eigenvalue weighted by Crippen LogP contribution is 2.35. The molecule has 7 nitrogen and oxygen atoms in total. The van der Waals surface area contributed by atoms with Crippen LogP contribution in [0.4, 0.5) is 0 Å². The van der Waals surface area contributed by atoms with Crippen molar-refractivity contribution in [3.8, 4) is 39.5 Å². The highest BCUT2D eigenvalue weighted by molar-refractivity contribution is 5.96. The number of ether oxygens (including phenoxy) is 1. The Hall–Kier alpha value is -5.27. The lowest BCUT2D eigenvalue weighted by molar-refractivity contribution is 0.282. The Balaban J connectivity index is 1.37. The minimum absolute atomic E-state index is 0.00174. The molecule has 0 unspecified atom stereocenters. The largest absolute Gasteiger partial charge is 0.497 e. The van der Waals surface area contributed by atoms with Crippen molar-refractivity contribution < 1.29 is 9.84 Å². The van der Waals surface area contributed by atoms with Crippen LogP contribution in [0.5, 0.6) is 5.75 Å². The molecule has 0 saturated heterocycles. The van der Waals surface area contributed by atoms with E-state index in [9.17, 15) is 5.11 Å². The zero-order valence-corrected chi connectivity index (χ0v) is 23.4. The molecular weight excluding hydrogens is 522 g/mol. The van der Waals surface area contributed by atoms with E-state index < -0.39 is 0 Å². The number of hydrogen-bond acceptors (Lipinski definition) is 5. The first-order valence-corrected chi connectivity index (χ1v) is 13.8. The molecule has 0 bridgehead atoms.